The maximum atomic E-state index is 14.3. The van der Waals surface area contributed by atoms with Crippen LogP contribution in [-0.2, 0) is 0 Å². The molecule has 0 saturated carbocycles. The number of aromatic nitrogens is 1. The van der Waals surface area contributed by atoms with Crippen molar-refractivity contribution in [3.8, 4) is 0 Å². The summed E-state index contributed by atoms with van der Waals surface area (Å²) in [5, 5.41) is 22.0. The fourth-order valence-electron chi connectivity index (χ4n) is 2.97. The molecule has 1 atom stereocenters. The van der Waals surface area contributed by atoms with E-state index >= 15 is 0 Å². The Bertz CT molecular complexity index is 920. The van der Waals surface area contributed by atoms with Crippen molar-refractivity contribution < 1.29 is 19.4 Å². The number of pyridine rings is 1. The van der Waals surface area contributed by atoms with Gasteiger partial charge in [0.25, 0.3) is 0 Å². The van der Waals surface area contributed by atoms with Crippen molar-refractivity contribution in [3.05, 3.63) is 64.2 Å². The van der Waals surface area contributed by atoms with Crippen molar-refractivity contribution in [3.63, 3.8) is 0 Å². The first-order valence-electron chi connectivity index (χ1n) is 8.85. The van der Waals surface area contributed by atoms with E-state index in [1.54, 1.807) is 29.2 Å². The van der Waals surface area contributed by atoms with E-state index < -0.39 is 18.5 Å². The number of benzene rings is 1. The Kier molecular flexibility index (Phi) is 6.28. The number of nitrogens with zero attached hydrogens (tertiary/aromatic N) is 2. The highest BCUT2D eigenvalue weighted by Crippen LogP contribution is 2.25. The number of anilines is 1. The van der Waals surface area contributed by atoms with Gasteiger partial charge in [0.15, 0.2) is 0 Å². The van der Waals surface area contributed by atoms with Crippen LogP contribution in [-0.4, -0.2) is 45.8 Å². The van der Waals surface area contributed by atoms with Gasteiger partial charge >= 0.3 is 6.03 Å². The predicted octanol–water partition coefficient (Wildman–Crippen LogP) is 3.53. The van der Waals surface area contributed by atoms with E-state index in [0.29, 0.717) is 35.8 Å². The lowest BCUT2D eigenvalue weighted by Crippen LogP contribution is -2.38. The van der Waals surface area contributed by atoms with E-state index in [0.717, 1.165) is 5.56 Å². The second-order valence-corrected chi connectivity index (χ2v) is 7.02. The maximum Gasteiger partial charge on any atom is 0.322 e. The van der Waals surface area contributed by atoms with Crippen LogP contribution in [0.1, 0.15) is 29.3 Å². The second kappa shape index (κ2) is 8.68. The quantitative estimate of drug-likeness (QED) is 0.726. The van der Waals surface area contributed by atoms with E-state index in [9.17, 15) is 14.3 Å². The van der Waals surface area contributed by atoms with Gasteiger partial charge in [0, 0.05) is 35.6 Å². The highest BCUT2D eigenvalue weighted by molar-refractivity contribution is 6.31. The molecule has 0 saturated heterocycles. The van der Waals surface area contributed by atoms with Crippen LogP contribution in [0.4, 0.5) is 14.9 Å². The molecule has 2 aromatic rings. The van der Waals surface area contributed by atoms with Gasteiger partial charge in [-0.15, -0.1) is 0 Å². The highest BCUT2D eigenvalue weighted by Gasteiger charge is 2.21. The van der Waals surface area contributed by atoms with Crippen molar-refractivity contribution in [2.75, 3.05) is 25.0 Å². The number of urea groups is 1. The summed E-state index contributed by atoms with van der Waals surface area (Å²) in [6.45, 7) is 2.11. The average molecular weight is 406 g/mol. The molecule has 0 fully saturated rings. The lowest BCUT2D eigenvalue weighted by Gasteiger charge is -2.27. The van der Waals surface area contributed by atoms with Crippen LogP contribution >= 0.6 is 11.6 Å². The zero-order valence-corrected chi connectivity index (χ0v) is 16.1. The van der Waals surface area contributed by atoms with Gasteiger partial charge in [0.1, 0.15) is 17.6 Å². The monoisotopic (exact) mass is 405 g/mol. The fraction of sp³-hybridized carbons (Fsp3) is 0.300. The third-order valence-corrected chi connectivity index (χ3v) is 5.05. The molecule has 2 heterocycles. The van der Waals surface area contributed by atoms with Crippen LogP contribution < -0.4 is 5.32 Å². The molecular weight excluding hydrogens is 385 g/mol. The molecule has 0 spiro atoms. The van der Waals surface area contributed by atoms with Crippen LogP contribution in [0.25, 0.3) is 5.57 Å². The summed E-state index contributed by atoms with van der Waals surface area (Å²) >= 11 is 5.99. The van der Waals surface area contributed by atoms with E-state index in [1.165, 1.54) is 12.3 Å². The lowest BCUT2D eigenvalue weighted by atomic mass is 10.0. The molecule has 0 aliphatic carbocycles. The molecule has 148 valence electrons. The number of nitrogens with one attached hydrogen (secondary N) is 1. The Morgan fingerprint density at radius 3 is 2.82 bits per heavy atom. The van der Waals surface area contributed by atoms with Crippen molar-refractivity contribution in [1.29, 1.82) is 0 Å². The smallest absolute Gasteiger partial charge is 0.322 e. The largest absolute Gasteiger partial charge is 0.393 e. The van der Waals surface area contributed by atoms with Crippen molar-refractivity contribution in [2.24, 2.45) is 0 Å². The first-order chi connectivity index (χ1) is 13.4. The van der Waals surface area contributed by atoms with E-state index in [2.05, 4.69) is 10.3 Å². The number of aliphatic hydroxyl groups is 2. The zero-order chi connectivity index (χ0) is 20.3. The minimum absolute atomic E-state index is 0.197. The Labute approximate surface area is 167 Å². The summed E-state index contributed by atoms with van der Waals surface area (Å²) in [5.41, 5.74) is 2.65. The SMILES string of the molecule is Cc1cc(NC(=O)N2CC=C(c3ncc([C@H](O)CO)cc3F)CC2)ccc1Cl. The summed E-state index contributed by atoms with van der Waals surface area (Å²) < 4.78 is 14.3. The number of rotatable bonds is 4. The Morgan fingerprint density at radius 1 is 1.43 bits per heavy atom. The first kappa shape index (κ1) is 20.3. The topological polar surface area (TPSA) is 85.7 Å². The van der Waals surface area contributed by atoms with E-state index in [4.69, 9.17) is 16.7 Å². The molecule has 3 rings (SSSR count). The van der Waals surface area contributed by atoms with Crippen molar-refractivity contribution >= 4 is 28.9 Å². The van der Waals surface area contributed by atoms with E-state index in [-0.39, 0.29) is 17.3 Å². The second-order valence-electron chi connectivity index (χ2n) is 6.62. The molecule has 8 heteroatoms. The molecule has 1 aliphatic rings. The lowest BCUT2D eigenvalue weighted by molar-refractivity contribution is 0.0950. The third kappa shape index (κ3) is 4.49. The number of aryl methyl sites for hydroxylation is 1. The molecule has 3 N–H and O–H groups in total. The molecule has 1 aliphatic heterocycles. The summed E-state index contributed by atoms with van der Waals surface area (Å²) in [6, 6.07) is 6.19. The number of aliphatic hydroxyl groups excluding tert-OH is 2. The first-order valence-corrected chi connectivity index (χ1v) is 9.22. The highest BCUT2D eigenvalue weighted by atomic mass is 35.5. The Morgan fingerprint density at radius 2 is 2.21 bits per heavy atom. The third-order valence-electron chi connectivity index (χ3n) is 4.63. The fourth-order valence-corrected chi connectivity index (χ4v) is 3.09. The number of carbonyl (C=O) groups is 1. The average Bonchev–Trinajstić information content (AvgIpc) is 2.70. The molecule has 28 heavy (non-hydrogen) atoms. The summed E-state index contributed by atoms with van der Waals surface area (Å²) in [7, 11) is 0. The number of carbonyl (C=O) groups excluding carboxylic acids is 1. The normalized spacial score (nSPS) is 15.2. The number of amides is 2. The molecule has 0 bridgehead atoms. The molecule has 0 unspecified atom stereocenters. The van der Waals surface area contributed by atoms with E-state index in [1.807, 2.05) is 6.92 Å². The number of hydrogen-bond acceptors (Lipinski definition) is 4. The van der Waals surface area contributed by atoms with Crippen LogP contribution in [0.2, 0.25) is 5.02 Å². The zero-order valence-electron chi connectivity index (χ0n) is 15.3. The predicted molar refractivity (Wildman–Crippen MR) is 106 cm³/mol. The molecule has 6 nitrogen and oxygen atoms in total. The van der Waals surface area contributed by atoms with Gasteiger partial charge in [-0.05, 0) is 48.7 Å². The van der Waals surface area contributed by atoms with Crippen LogP contribution in [0.15, 0.2) is 36.5 Å². The van der Waals surface area contributed by atoms with Crippen LogP contribution in [0.3, 0.4) is 0 Å². The summed E-state index contributed by atoms with van der Waals surface area (Å²) in [4.78, 5) is 18.1. The van der Waals surface area contributed by atoms with Crippen LogP contribution in [0.5, 0.6) is 0 Å². The Hall–Kier alpha value is -2.48. The number of hydrogen-bond donors (Lipinski definition) is 3. The van der Waals surface area contributed by atoms with Crippen molar-refractivity contribution in [2.45, 2.75) is 19.4 Å². The standard InChI is InChI=1S/C20H21ClFN3O3/c1-12-8-15(2-3-16(12)21)24-20(28)25-6-4-13(5-7-25)19-17(22)9-14(10-23-19)18(27)11-26/h2-4,8-10,18,26-27H,5-7,11H2,1H3,(H,24,28)/t18-/m1/s1. The van der Waals surface area contributed by atoms with Gasteiger partial charge in [-0.25, -0.2) is 9.18 Å². The summed E-state index contributed by atoms with van der Waals surface area (Å²) in [5.74, 6) is -0.564. The van der Waals surface area contributed by atoms with Gasteiger partial charge in [-0.1, -0.05) is 17.7 Å². The van der Waals surface area contributed by atoms with Crippen LogP contribution in [0, 0.1) is 12.7 Å². The molecule has 1 aromatic carbocycles. The van der Waals surface area contributed by atoms with Gasteiger partial charge in [-0.2, -0.15) is 0 Å². The minimum Gasteiger partial charge on any atom is -0.393 e. The van der Waals surface area contributed by atoms with Crippen molar-refractivity contribution in [1.82, 2.24) is 9.88 Å². The molecule has 2 amide bonds. The van der Waals surface area contributed by atoms with Gasteiger partial charge < -0.3 is 20.4 Å². The van der Waals surface area contributed by atoms with Gasteiger partial charge in [0.05, 0.1) is 6.61 Å². The maximum absolute atomic E-state index is 14.3. The molecule has 0 radical (unpaired) electrons. The van der Waals surface area contributed by atoms with Gasteiger partial charge in [-0.3, -0.25) is 4.98 Å². The molecular formula is C20H21ClFN3O3. The Balaban J connectivity index is 1.66. The number of halogens is 2. The summed E-state index contributed by atoms with van der Waals surface area (Å²) in [6.07, 6.45) is 2.41. The molecule has 1 aromatic heterocycles. The minimum atomic E-state index is -1.16. The van der Waals surface area contributed by atoms with Gasteiger partial charge in [0.2, 0.25) is 0 Å².